The first-order valence-electron chi connectivity index (χ1n) is 7.85. The molecule has 0 amide bonds. The van der Waals surface area contributed by atoms with Crippen molar-refractivity contribution >= 4 is 0 Å². The lowest BCUT2D eigenvalue weighted by Crippen LogP contribution is -2.31. The quantitative estimate of drug-likeness (QED) is 0.689. The van der Waals surface area contributed by atoms with Gasteiger partial charge in [0, 0.05) is 0 Å². The molecule has 0 aliphatic heterocycles. The van der Waals surface area contributed by atoms with Gasteiger partial charge in [-0.05, 0) is 48.2 Å². The predicted octanol–water partition coefficient (Wildman–Crippen LogP) is 3.65. The number of halogens is 2. The van der Waals surface area contributed by atoms with Gasteiger partial charge in [0.15, 0.2) is 0 Å². The Morgan fingerprint density at radius 1 is 1.08 bits per heavy atom. The van der Waals surface area contributed by atoms with E-state index in [1.807, 2.05) is 0 Å². The molecule has 0 spiro atoms. The number of nitriles is 1. The topological polar surface area (TPSA) is 54.5 Å². The van der Waals surface area contributed by atoms with E-state index >= 15 is 0 Å². The van der Waals surface area contributed by atoms with E-state index in [9.17, 15) is 14.0 Å². The number of benzene rings is 2. The van der Waals surface area contributed by atoms with E-state index in [2.05, 4.69) is 16.2 Å². The summed E-state index contributed by atoms with van der Waals surface area (Å²) in [5.74, 6) is -0.694. The average Bonchev–Trinajstić information content (AvgIpc) is 3.13. The fourth-order valence-electron chi connectivity index (χ4n) is 2.86. The van der Waals surface area contributed by atoms with Gasteiger partial charge in [-0.15, -0.1) is 0 Å². The van der Waals surface area contributed by atoms with Gasteiger partial charge in [0.1, 0.15) is 29.7 Å². The van der Waals surface area contributed by atoms with Crippen LogP contribution < -0.4 is 0 Å². The smallest absolute Gasteiger partial charge is 0.137 e. The molecular weight excluding hydrogens is 322 g/mol. The number of nitrogens with zero attached hydrogens (tertiary/aromatic N) is 4. The highest BCUT2D eigenvalue weighted by molar-refractivity contribution is 5.33. The second-order valence-corrected chi connectivity index (χ2v) is 5.92. The maximum atomic E-state index is 13.7. The molecule has 6 heteroatoms. The standard InChI is InChI=1S/C19H16F2N4/c20-17-6-4-15(5-7-17)8-9-19(11-22,12-25-14-23-13-24-25)16-2-1-3-18(21)10-16/h1-7,10,13-14H,8-9,12H2. The van der Waals surface area contributed by atoms with Crippen LogP contribution in [0.1, 0.15) is 17.5 Å². The zero-order valence-electron chi connectivity index (χ0n) is 13.4. The van der Waals surface area contributed by atoms with Crippen molar-refractivity contribution in [3.8, 4) is 6.07 Å². The van der Waals surface area contributed by atoms with Crippen molar-refractivity contribution < 1.29 is 8.78 Å². The van der Waals surface area contributed by atoms with Crippen molar-refractivity contribution in [1.29, 1.82) is 5.26 Å². The van der Waals surface area contributed by atoms with Gasteiger partial charge in [-0.25, -0.2) is 13.8 Å². The van der Waals surface area contributed by atoms with Crippen LogP contribution in [0.5, 0.6) is 0 Å². The molecule has 1 aromatic heterocycles. The largest absolute Gasteiger partial charge is 0.251 e. The second-order valence-electron chi connectivity index (χ2n) is 5.92. The van der Waals surface area contributed by atoms with Crippen molar-refractivity contribution in [2.24, 2.45) is 0 Å². The van der Waals surface area contributed by atoms with Crippen LogP contribution in [0.2, 0.25) is 0 Å². The maximum Gasteiger partial charge on any atom is 0.137 e. The van der Waals surface area contributed by atoms with Gasteiger partial charge in [-0.1, -0.05) is 24.3 Å². The molecule has 3 rings (SSSR count). The van der Waals surface area contributed by atoms with Crippen molar-refractivity contribution in [3.63, 3.8) is 0 Å². The Labute approximate surface area is 144 Å². The lowest BCUT2D eigenvalue weighted by Gasteiger charge is -2.27. The first kappa shape index (κ1) is 16.8. The van der Waals surface area contributed by atoms with E-state index in [1.165, 1.54) is 36.9 Å². The summed E-state index contributed by atoms with van der Waals surface area (Å²) in [5, 5.41) is 14.0. The summed E-state index contributed by atoms with van der Waals surface area (Å²) < 4.78 is 28.4. The molecule has 1 heterocycles. The molecule has 0 fully saturated rings. The number of aromatic nitrogens is 3. The third-order valence-electron chi connectivity index (χ3n) is 4.24. The van der Waals surface area contributed by atoms with Crippen LogP contribution in [0.3, 0.4) is 0 Å². The SMILES string of the molecule is N#CC(CCc1ccc(F)cc1)(Cn1cncn1)c1cccc(F)c1. The minimum absolute atomic E-state index is 0.258. The van der Waals surface area contributed by atoms with Crippen LogP contribution in [0.25, 0.3) is 0 Å². The number of rotatable bonds is 6. The van der Waals surface area contributed by atoms with E-state index in [0.29, 0.717) is 18.4 Å². The van der Waals surface area contributed by atoms with Crippen LogP contribution in [-0.4, -0.2) is 14.8 Å². The van der Waals surface area contributed by atoms with Crippen LogP contribution in [0, 0.1) is 23.0 Å². The predicted molar refractivity (Wildman–Crippen MR) is 88.4 cm³/mol. The summed E-state index contributed by atoms with van der Waals surface area (Å²) in [6.07, 6.45) is 3.93. The molecule has 4 nitrogen and oxygen atoms in total. The molecule has 0 aliphatic rings. The van der Waals surface area contributed by atoms with Gasteiger partial charge in [-0.2, -0.15) is 10.4 Å². The van der Waals surface area contributed by atoms with Gasteiger partial charge in [-0.3, -0.25) is 4.68 Å². The zero-order chi connectivity index (χ0) is 17.7. The van der Waals surface area contributed by atoms with Crippen LogP contribution >= 0.6 is 0 Å². The van der Waals surface area contributed by atoms with E-state index in [0.717, 1.165) is 5.56 Å². The Kier molecular flexibility index (Phi) is 4.85. The van der Waals surface area contributed by atoms with E-state index in [-0.39, 0.29) is 12.4 Å². The van der Waals surface area contributed by atoms with Crippen LogP contribution in [0.15, 0.2) is 61.2 Å². The molecular formula is C19H16F2N4. The maximum absolute atomic E-state index is 13.7. The minimum atomic E-state index is -0.968. The van der Waals surface area contributed by atoms with Crippen molar-refractivity contribution in [2.45, 2.75) is 24.8 Å². The third kappa shape index (κ3) is 3.89. The fraction of sp³-hybridized carbons (Fsp3) is 0.211. The molecule has 0 N–H and O–H groups in total. The van der Waals surface area contributed by atoms with Gasteiger partial charge >= 0.3 is 0 Å². The Hall–Kier alpha value is -3.07. The van der Waals surface area contributed by atoms with E-state index < -0.39 is 11.2 Å². The number of hydrogen-bond donors (Lipinski definition) is 0. The van der Waals surface area contributed by atoms with Gasteiger partial charge in [0.2, 0.25) is 0 Å². The van der Waals surface area contributed by atoms with Crippen molar-refractivity contribution in [2.75, 3.05) is 0 Å². The monoisotopic (exact) mass is 338 g/mol. The molecule has 0 aliphatic carbocycles. The summed E-state index contributed by atoms with van der Waals surface area (Å²) in [4.78, 5) is 3.91. The molecule has 25 heavy (non-hydrogen) atoms. The lowest BCUT2D eigenvalue weighted by molar-refractivity contribution is 0.400. The number of aryl methyl sites for hydroxylation is 1. The van der Waals surface area contributed by atoms with Crippen molar-refractivity contribution in [1.82, 2.24) is 14.8 Å². The number of hydrogen-bond acceptors (Lipinski definition) is 3. The Bertz CT molecular complexity index is 869. The average molecular weight is 338 g/mol. The van der Waals surface area contributed by atoms with Crippen LogP contribution in [-0.2, 0) is 18.4 Å². The Morgan fingerprint density at radius 3 is 2.52 bits per heavy atom. The minimum Gasteiger partial charge on any atom is -0.251 e. The molecule has 3 aromatic rings. The molecule has 1 atom stereocenters. The molecule has 0 saturated heterocycles. The normalized spacial score (nSPS) is 13.2. The highest BCUT2D eigenvalue weighted by atomic mass is 19.1. The molecule has 126 valence electrons. The molecule has 2 aromatic carbocycles. The highest BCUT2D eigenvalue weighted by Gasteiger charge is 2.33. The summed E-state index contributed by atoms with van der Waals surface area (Å²) in [6.45, 7) is 0.258. The first-order chi connectivity index (χ1) is 12.1. The van der Waals surface area contributed by atoms with Crippen LogP contribution in [0.4, 0.5) is 8.78 Å². The molecule has 0 radical (unpaired) electrons. The Morgan fingerprint density at radius 2 is 1.88 bits per heavy atom. The fourth-order valence-corrected chi connectivity index (χ4v) is 2.86. The third-order valence-corrected chi connectivity index (χ3v) is 4.24. The summed E-state index contributed by atoms with van der Waals surface area (Å²) in [6, 6.07) is 14.6. The lowest BCUT2D eigenvalue weighted by atomic mass is 9.77. The van der Waals surface area contributed by atoms with E-state index in [1.54, 1.807) is 28.9 Å². The summed E-state index contributed by atoms with van der Waals surface area (Å²) in [7, 11) is 0. The second kappa shape index (κ2) is 7.22. The molecule has 0 saturated carbocycles. The van der Waals surface area contributed by atoms with Gasteiger partial charge in [0.25, 0.3) is 0 Å². The molecule has 1 unspecified atom stereocenters. The van der Waals surface area contributed by atoms with Gasteiger partial charge < -0.3 is 0 Å². The zero-order valence-corrected chi connectivity index (χ0v) is 13.4. The summed E-state index contributed by atoms with van der Waals surface area (Å²) >= 11 is 0. The first-order valence-corrected chi connectivity index (χ1v) is 7.85. The summed E-state index contributed by atoms with van der Waals surface area (Å²) in [5.41, 5.74) is 0.535. The van der Waals surface area contributed by atoms with Crippen molar-refractivity contribution in [3.05, 3.63) is 83.9 Å². The highest BCUT2D eigenvalue weighted by Crippen LogP contribution is 2.31. The van der Waals surface area contributed by atoms with Gasteiger partial charge in [0.05, 0.1) is 12.6 Å². The van der Waals surface area contributed by atoms with E-state index in [4.69, 9.17) is 0 Å². The Balaban J connectivity index is 1.92. The molecule has 0 bridgehead atoms.